The van der Waals surface area contributed by atoms with Gasteiger partial charge in [-0.25, -0.2) is 9.59 Å². The molecule has 2 amide bonds. The van der Waals surface area contributed by atoms with Gasteiger partial charge in [0.1, 0.15) is 6.04 Å². The Morgan fingerprint density at radius 1 is 1.32 bits per heavy atom. The number of aliphatic carboxylic acids is 1. The molecule has 6 nitrogen and oxygen atoms in total. The summed E-state index contributed by atoms with van der Waals surface area (Å²) in [5.74, 6) is -0.348. The molecule has 0 aromatic rings. The summed E-state index contributed by atoms with van der Waals surface area (Å²) in [7, 11) is 0. The van der Waals surface area contributed by atoms with Gasteiger partial charge in [0.25, 0.3) is 0 Å². The highest BCUT2D eigenvalue weighted by Crippen LogP contribution is 2.13. The number of carboxylic acids is 1. The van der Waals surface area contributed by atoms with E-state index in [1.54, 1.807) is 0 Å². The maximum absolute atomic E-state index is 11.7. The monoisotopic (exact) mass is 272 g/mol. The smallest absolute Gasteiger partial charge is 0.326 e. The van der Waals surface area contributed by atoms with Crippen LogP contribution in [0.2, 0.25) is 0 Å². The lowest BCUT2D eigenvalue weighted by Crippen LogP contribution is -2.47. The van der Waals surface area contributed by atoms with Gasteiger partial charge < -0.3 is 20.5 Å². The first-order valence-corrected chi connectivity index (χ1v) is 6.84. The zero-order chi connectivity index (χ0) is 14.3. The highest BCUT2D eigenvalue weighted by Gasteiger charge is 2.21. The number of rotatable bonds is 6. The molecule has 1 fully saturated rings. The van der Waals surface area contributed by atoms with Crippen LogP contribution in [-0.2, 0) is 9.53 Å². The molecule has 0 aromatic carbocycles. The average Bonchev–Trinajstić information content (AvgIpc) is 2.36. The fraction of sp³-hybridized carbons (Fsp3) is 0.846. The van der Waals surface area contributed by atoms with E-state index in [9.17, 15) is 9.59 Å². The first-order valence-electron chi connectivity index (χ1n) is 6.84. The summed E-state index contributed by atoms with van der Waals surface area (Å²) >= 11 is 0. The fourth-order valence-corrected chi connectivity index (χ4v) is 2.09. The third-order valence-corrected chi connectivity index (χ3v) is 3.20. The Bertz CT molecular complexity index is 301. The summed E-state index contributed by atoms with van der Waals surface area (Å²) in [5, 5.41) is 14.3. The third kappa shape index (κ3) is 6.42. The lowest BCUT2D eigenvalue weighted by molar-refractivity contribution is -0.139. The van der Waals surface area contributed by atoms with E-state index < -0.39 is 18.0 Å². The normalized spacial score (nSPS) is 18.1. The van der Waals surface area contributed by atoms with Gasteiger partial charge in [0.2, 0.25) is 0 Å². The van der Waals surface area contributed by atoms with E-state index in [0.717, 1.165) is 26.1 Å². The standard InChI is InChI=1S/C13H24N2O4/c1-9(2)7-11(12(16)17)15-13(18)14-8-10-3-5-19-6-4-10/h9-11H,3-8H2,1-2H3,(H,16,17)(H2,14,15,18)/t11-/m0/s1. The quantitative estimate of drug-likeness (QED) is 0.678. The molecule has 1 rings (SSSR count). The Labute approximate surface area is 113 Å². The van der Waals surface area contributed by atoms with Crippen molar-refractivity contribution in [3.63, 3.8) is 0 Å². The molecule has 19 heavy (non-hydrogen) atoms. The van der Waals surface area contributed by atoms with Crippen LogP contribution in [0.15, 0.2) is 0 Å². The molecular formula is C13H24N2O4. The largest absolute Gasteiger partial charge is 0.480 e. The second kappa shape index (κ2) is 7.99. The molecule has 6 heteroatoms. The Balaban J connectivity index is 2.29. The maximum atomic E-state index is 11.7. The van der Waals surface area contributed by atoms with Gasteiger partial charge in [0.15, 0.2) is 0 Å². The van der Waals surface area contributed by atoms with Gasteiger partial charge in [-0.1, -0.05) is 13.8 Å². The molecule has 0 bridgehead atoms. The molecule has 1 heterocycles. The molecule has 1 aliphatic rings. The molecule has 1 saturated heterocycles. The minimum atomic E-state index is -0.991. The number of ether oxygens (including phenoxy) is 1. The van der Waals surface area contributed by atoms with E-state index in [1.807, 2.05) is 13.8 Å². The van der Waals surface area contributed by atoms with E-state index >= 15 is 0 Å². The highest BCUT2D eigenvalue weighted by molar-refractivity contribution is 5.82. The Morgan fingerprint density at radius 2 is 1.95 bits per heavy atom. The van der Waals surface area contributed by atoms with E-state index in [-0.39, 0.29) is 5.92 Å². The summed E-state index contributed by atoms with van der Waals surface area (Å²) in [4.78, 5) is 22.7. The molecule has 0 aliphatic carbocycles. The molecule has 0 unspecified atom stereocenters. The molecule has 0 radical (unpaired) electrons. The van der Waals surface area contributed by atoms with Gasteiger partial charge in [0.05, 0.1) is 0 Å². The summed E-state index contributed by atoms with van der Waals surface area (Å²) in [6.45, 7) is 5.90. The maximum Gasteiger partial charge on any atom is 0.326 e. The van der Waals surface area contributed by atoms with Crippen molar-refractivity contribution in [1.29, 1.82) is 0 Å². The fourth-order valence-electron chi connectivity index (χ4n) is 2.09. The Kier molecular flexibility index (Phi) is 6.62. The number of nitrogens with one attached hydrogen (secondary N) is 2. The number of hydrogen-bond donors (Lipinski definition) is 3. The van der Waals surface area contributed by atoms with Crippen molar-refractivity contribution >= 4 is 12.0 Å². The molecule has 0 spiro atoms. The van der Waals surface area contributed by atoms with Crippen LogP contribution in [0.4, 0.5) is 4.79 Å². The van der Waals surface area contributed by atoms with Crippen LogP contribution in [0.3, 0.4) is 0 Å². The Morgan fingerprint density at radius 3 is 2.47 bits per heavy atom. The first-order chi connectivity index (χ1) is 8.99. The van der Waals surface area contributed by atoms with Crippen LogP contribution >= 0.6 is 0 Å². The number of carboxylic acid groups (broad SMARTS) is 1. The lowest BCUT2D eigenvalue weighted by Gasteiger charge is -2.23. The minimum Gasteiger partial charge on any atom is -0.480 e. The summed E-state index contributed by atoms with van der Waals surface area (Å²) in [6, 6.07) is -1.23. The van der Waals surface area contributed by atoms with Crippen LogP contribution in [0.5, 0.6) is 0 Å². The SMILES string of the molecule is CC(C)C[C@H](NC(=O)NCC1CCOCC1)C(=O)O. The Hall–Kier alpha value is -1.30. The van der Waals surface area contributed by atoms with Gasteiger partial charge in [-0.05, 0) is 31.1 Å². The average molecular weight is 272 g/mol. The predicted molar refractivity (Wildman–Crippen MR) is 71.0 cm³/mol. The van der Waals surface area contributed by atoms with Gasteiger partial charge in [0, 0.05) is 19.8 Å². The molecular weight excluding hydrogens is 248 g/mol. The van der Waals surface area contributed by atoms with Crippen molar-refractivity contribution in [3.05, 3.63) is 0 Å². The van der Waals surface area contributed by atoms with Gasteiger partial charge >= 0.3 is 12.0 Å². The molecule has 110 valence electrons. The van der Waals surface area contributed by atoms with Crippen molar-refractivity contribution < 1.29 is 19.4 Å². The first kappa shape index (κ1) is 15.8. The zero-order valence-electron chi connectivity index (χ0n) is 11.6. The molecule has 1 atom stereocenters. The van der Waals surface area contributed by atoms with Gasteiger partial charge in [-0.2, -0.15) is 0 Å². The third-order valence-electron chi connectivity index (χ3n) is 3.20. The van der Waals surface area contributed by atoms with Crippen molar-refractivity contribution in [2.45, 2.75) is 39.2 Å². The number of carbonyl (C=O) groups excluding carboxylic acids is 1. The summed E-state index contributed by atoms with van der Waals surface area (Å²) in [5.41, 5.74) is 0. The van der Waals surface area contributed by atoms with Crippen LogP contribution in [0, 0.1) is 11.8 Å². The second-order valence-corrected chi connectivity index (χ2v) is 5.43. The number of carbonyl (C=O) groups is 2. The highest BCUT2D eigenvalue weighted by atomic mass is 16.5. The van der Waals surface area contributed by atoms with Crippen molar-refractivity contribution in [2.75, 3.05) is 19.8 Å². The van der Waals surface area contributed by atoms with Gasteiger partial charge in [-0.3, -0.25) is 0 Å². The van der Waals surface area contributed by atoms with E-state index in [4.69, 9.17) is 9.84 Å². The van der Waals surface area contributed by atoms with Crippen LogP contribution in [0.25, 0.3) is 0 Å². The molecule has 0 saturated carbocycles. The van der Waals surface area contributed by atoms with E-state index in [1.165, 1.54) is 0 Å². The topological polar surface area (TPSA) is 87.7 Å². The number of amides is 2. The van der Waals surface area contributed by atoms with E-state index in [2.05, 4.69) is 10.6 Å². The van der Waals surface area contributed by atoms with Gasteiger partial charge in [-0.15, -0.1) is 0 Å². The molecule has 1 aliphatic heterocycles. The zero-order valence-corrected chi connectivity index (χ0v) is 11.6. The minimum absolute atomic E-state index is 0.219. The molecule has 3 N–H and O–H groups in total. The van der Waals surface area contributed by atoms with Crippen molar-refractivity contribution in [1.82, 2.24) is 10.6 Å². The summed E-state index contributed by atoms with van der Waals surface area (Å²) in [6.07, 6.45) is 2.31. The van der Waals surface area contributed by atoms with E-state index in [0.29, 0.717) is 18.9 Å². The van der Waals surface area contributed by atoms with Crippen LogP contribution < -0.4 is 10.6 Å². The second-order valence-electron chi connectivity index (χ2n) is 5.43. The lowest BCUT2D eigenvalue weighted by atomic mass is 10.0. The summed E-state index contributed by atoms with van der Waals surface area (Å²) < 4.78 is 5.24. The molecule has 0 aromatic heterocycles. The van der Waals surface area contributed by atoms with Crippen LogP contribution in [0.1, 0.15) is 33.1 Å². The van der Waals surface area contributed by atoms with Crippen molar-refractivity contribution in [3.8, 4) is 0 Å². The predicted octanol–water partition coefficient (Wildman–Crippen LogP) is 1.21. The van der Waals surface area contributed by atoms with Crippen LogP contribution in [-0.4, -0.2) is 42.9 Å². The number of hydrogen-bond acceptors (Lipinski definition) is 3. The van der Waals surface area contributed by atoms with Crippen molar-refractivity contribution in [2.24, 2.45) is 11.8 Å². The number of urea groups is 1.